The van der Waals surface area contributed by atoms with Crippen molar-refractivity contribution in [2.75, 3.05) is 14.1 Å². The van der Waals surface area contributed by atoms with Gasteiger partial charge >= 0.3 is 0 Å². The van der Waals surface area contributed by atoms with Crippen LogP contribution in [-0.4, -0.2) is 33.8 Å². The van der Waals surface area contributed by atoms with Crippen LogP contribution in [0.2, 0.25) is 0 Å². The van der Waals surface area contributed by atoms with Gasteiger partial charge in [-0.15, -0.1) is 10.2 Å². The van der Waals surface area contributed by atoms with Crippen molar-refractivity contribution in [1.29, 1.82) is 0 Å². The van der Waals surface area contributed by atoms with Gasteiger partial charge in [-0.3, -0.25) is 4.90 Å². The third kappa shape index (κ3) is 4.53. The molecule has 5 heteroatoms. The molecule has 1 unspecified atom stereocenters. The molecule has 3 aromatic rings. The topological polar surface area (TPSA) is 34.0 Å². The zero-order valence-electron chi connectivity index (χ0n) is 16.9. The van der Waals surface area contributed by atoms with Gasteiger partial charge in [0.2, 0.25) is 0 Å². The van der Waals surface area contributed by atoms with Crippen molar-refractivity contribution < 1.29 is 0 Å². The first-order chi connectivity index (χ1) is 13.2. The Morgan fingerprint density at radius 1 is 1.04 bits per heavy atom. The summed E-state index contributed by atoms with van der Waals surface area (Å²) in [6, 6.07) is 15.4. The third-order valence-corrected chi connectivity index (χ3v) is 6.04. The van der Waals surface area contributed by atoms with Gasteiger partial charge in [-0.25, -0.2) is 0 Å². The van der Waals surface area contributed by atoms with E-state index >= 15 is 0 Å². The van der Waals surface area contributed by atoms with Crippen LogP contribution in [0.4, 0.5) is 0 Å². The Kier molecular flexibility index (Phi) is 6.91. The molecule has 0 bridgehead atoms. The molecule has 0 radical (unpaired) electrons. The summed E-state index contributed by atoms with van der Waals surface area (Å²) in [7, 11) is 4.24. The number of aromatic nitrogens is 3. The van der Waals surface area contributed by atoms with Gasteiger partial charge in [-0.2, -0.15) is 0 Å². The number of benzene rings is 2. The average molecular weight is 383 g/mol. The fourth-order valence-corrected chi connectivity index (χ4v) is 4.49. The number of nitrogens with zero attached hydrogens (tertiary/aromatic N) is 4. The molecule has 1 heterocycles. The van der Waals surface area contributed by atoms with E-state index in [9.17, 15) is 0 Å². The van der Waals surface area contributed by atoms with E-state index in [0.717, 1.165) is 36.1 Å². The Labute approximate surface area is 167 Å². The molecule has 0 saturated carbocycles. The molecule has 0 aliphatic carbocycles. The van der Waals surface area contributed by atoms with Crippen LogP contribution in [0.1, 0.15) is 50.5 Å². The quantitative estimate of drug-likeness (QED) is 0.455. The summed E-state index contributed by atoms with van der Waals surface area (Å²) in [5.74, 6) is 2.00. The van der Waals surface area contributed by atoms with E-state index < -0.39 is 0 Å². The molecule has 0 fully saturated rings. The lowest BCUT2D eigenvalue weighted by Gasteiger charge is -2.23. The van der Waals surface area contributed by atoms with Crippen molar-refractivity contribution in [1.82, 2.24) is 19.7 Å². The maximum Gasteiger partial charge on any atom is 0.191 e. The van der Waals surface area contributed by atoms with E-state index in [4.69, 9.17) is 0 Å². The molecular weight excluding hydrogens is 352 g/mol. The van der Waals surface area contributed by atoms with E-state index in [-0.39, 0.29) is 0 Å². The van der Waals surface area contributed by atoms with Crippen molar-refractivity contribution in [3.05, 3.63) is 53.9 Å². The van der Waals surface area contributed by atoms with E-state index in [1.165, 1.54) is 22.8 Å². The zero-order chi connectivity index (χ0) is 19.2. The second kappa shape index (κ2) is 9.38. The molecule has 0 saturated heterocycles. The van der Waals surface area contributed by atoms with Gasteiger partial charge in [0, 0.05) is 12.3 Å². The molecule has 0 spiro atoms. The molecule has 0 amide bonds. The smallest absolute Gasteiger partial charge is 0.191 e. The highest BCUT2D eigenvalue weighted by atomic mass is 32.2. The van der Waals surface area contributed by atoms with Crippen LogP contribution in [0.3, 0.4) is 0 Å². The average Bonchev–Trinajstić information content (AvgIpc) is 3.07. The van der Waals surface area contributed by atoms with Crippen molar-refractivity contribution in [3.8, 4) is 0 Å². The van der Waals surface area contributed by atoms with Crippen LogP contribution < -0.4 is 0 Å². The van der Waals surface area contributed by atoms with Crippen molar-refractivity contribution in [2.24, 2.45) is 0 Å². The Hall–Kier alpha value is -1.85. The fourth-order valence-electron chi connectivity index (χ4n) is 3.52. The van der Waals surface area contributed by atoms with Crippen LogP contribution in [0.5, 0.6) is 0 Å². The van der Waals surface area contributed by atoms with Gasteiger partial charge in [0.25, 0.3) is 0 Å². The molecule has 2 aromatic carbocycles. The first-order valence-corrected chi connectivity index (χ1v) is 10.8. The van der Waals surface area contributed by atoms with E-state index in [1.807, 2.05) is 0 Å². The minimum atomic E-state index is 0.307. The van der Waals surface area contributed by atoms with Gasteiger partial charge in [-0.05, 0) is 43.3 Å². The molecule has 0 aliphatic rings. The molecule has 0 aliphatic heterocycles. The largest absolute Gasteiger partial charge is 0.305 e. The SMILES string of the molecule is CCCCn1c(SCc2cccc3ccccc23)nnc1C(CC)N(C)C. The summed E-state index contributed by atoms with van der Waals surface area (Å²) in [6.45, 7) is 5.43. The molecule has 0 N–H and O–H groups in total. The van der Waals surface area contributed by atoms with E-state index in [1.54, 1.807) is 11.8 Å². The monoisotopic (exact) mass is 382 g/mol. The summed E-state index contributed by atoms with van der Waals surface area (Å²) in [6.07, 6.45) is 3.35. The number of thioether (sulfide) groups is 1. The lowest BCUT2D eigenvalue weighted by Crippen LogP contribution is -2.23. The van der Waals surface area contributed by atoms with Gasteiger partial charge in [0.05, 0.1) is 6.04 Å². The minimum absolute atomic E-state index is 0.307. The third-order valence-electron chi connectivity index (χ3n) is 5.03. The van der Waals surface area contributed by atoms with Gasteiger partial charge < -0.3 is 4.57 Å². The van der Waals surface area contributed by atoms with Crippen LogP contribution in [0, 0.1) is 0 Å². The van der Waals surface area contributed by atoms with Crippen LogP contribution in [0.25, 0.3) is 10.8 Å². The Bertz CT molecular complexity index is 866. The lowest BCUT2D eigenvalue weighted by molar-refractivity contribution is 0.270. The summed E-state index contributed by atoms with van der Waals surface area (Å²) in [5.41, 5.74) is 1.35. The van der Waals surface area contributed by atoms with Crippen LogP contribution in [0.15, 0.2) is 47.6 Å². The normalized spacial score (nSPS) is 12.8. The highest BCUT2D eigenvalue weighted by Crippen LogP contribution is 2.29. The van der Waals surface area contributed by atoms with E-state index in [0.29, 0.717) is 6.04 Å². The zero-order valence-corrected chi connectivity index (χ0v) is 17.7. The highest BCUT2D eigenvalue weighted by Gasteiger charge is 2.21. The number of hydrogen-bond acceptors (Lipinski definition) is 4. The first-order valence-electron chi connectivity index (χ1n) is 9.84. The molecule has 27 heavy (non-hydrogen) atoms. The van der Waals surface area contributed by atoms with Gasteiger partial charge in [0.15, 0.2) is 11.0 Å². The number of fused-ring (bicyclic) bond motifs is 1. The summed E-state index contributed by atoms with van der Waals surface area (Å²) < 4.78 is 2.34. The number of rotatable bonds is 9. The standard InChI is InChI=1S/C22H30N4S/c1-5-7-15-26-21(20(6-2)25(3)4)23-24-22(26)27-16-18-13-10-12-17-11-8-9-14-19(17)18/h8-14,20H,5-7,15-16H2,1-4H3. The van der Waals surface area contributed by atoms with Crippen molar-refractivity contribution >= 4 is 22.5 Å². The number of hydrogen-bond donors (Lipinski definition) is 0. The van der Waals surface area contributed by atoms with Crippen LogP contribution in [-0.2, 0) is 12.3 Å². The lowest BCUT2D eigenvalue weighted by atomic mass is 10.1. The van der Waals surface area contributed by atoms with E-state index in [2.05, 4.69) is 90.1 Å². The second-order valence-electron chi connectivity index (χ2n) is 7.16. The predicted octanol–water partition coefficient (Wildman–Crippen LogP) is 5.54. The maximum absolute atomic E-state index is 4.59. The molecule has 144 valence electrons. The maximum atomic E-state index is 4.59. The summed E-state index contributed by atoms with van der Waals surface area (Å²) in [4.78, 5) is 2.24. The Balaban J connectivity index is 1.86. The van der Waals surface area contributed by atoms with Gasteiger partial charge in [0.1, 0.15) is 0 Å². The molecule has 1 atom stereocenters. The van der Waals surface area contributed by atoms with Crippen LogP contribution >= 0.6 is 11.8 Å². The molecule has 3 rings (SSSR count). The molecular formula is C22H30N4S. The fraction of sp³-hybridized carbons (Fsp3) is 0.455. The molecule has 4 nitrogen and oxygen atoms in total. The summed E-state index contributed by atoms with van der Waals surface area (Å²) >= 11 is 1.80. The van der Waals surface area contributed by atoms with Gasteiger partial charge in [-0.1, -0.05) is 74.5 Å². The second-order valence-corrected chi connectivity index (χ2v) is 8.10. The molecule has 1 aromatic heterocycles. The number of unbranched alkanes of at least 4 members (excludes halogenated alkanes) is 1. The highest BCUT2D eigenvalue weighted by molar-refractivity contribution is 7.98. The minimum Gasteiger partial charge on any atom is -0.305 e. The first kappa shape index (κ1) is 19.9. The Morgan fingerprint density at radius 3 is 2.56 bits per heavy atom. The predicted molar refractivity (Wildman–Crippen MR) is 115 cm³/mol. The van der Waals surface area contributed by atoms with Crippen molar-refractivity contribution in [3.63, 3.8) is 0 Å². The summed E-state index contributed by atoms with van der Waals surface area (Å²) in [5, 5.41) is 12.8. The Morgan fingerprint density at radius 2 is 1.81 bits per heavy atom. The van der Waals surface area contributed by atoms with Crippen molar-refractivity contribution in [2.45, 2.75) is 56.6 Å².